The van der Waals surface area contributed by atoms with Crippen LogP contribution < -0.4 is 5.32 Å². The summed E-state index contributed by atoms with van der Waals surface area (Å²) in [5, 5.41) is 18.8. The van der Waals surface area contributed by atoms with E-state index < -0.39 is 5.97 Å². The molecule has 0 aliphatic carbocycles. The van der Waals surface area contributed by atoms with Crippen molar-refractivity contribution < 1.29 is 14.3 Å². The maximum absolute atomic E-state index is 12.9. The number of hydrogen-bond donors (Lipinski definition) is 2. The Morgan fingerprint density at radius 3 is 3.00 bits per heavy atom. The van der Waals surface area contributed by atoms with Crippen molar-refractivity contribution in [3.05, 3.63) is 42.0 Å². The molecule has 1 aromatic carbocycles. The molecule has 2 rings (SSSR count). The molecule has 0 amide bonds. The van der Waals surface area contributed by atoms with Crippen molar-refractivity contribution in [1.82, 2.24) is 15.0 Å². The highest BCUT2D eigenvalue weighted by molar-refractivity contribution is 5.84. The summed E-state index contributed by atoms with van der Waals surface area (Å²) >= 11 is 0. The first kappa shape index (κ1) is 12.0. The van der Waals surface area contributed by atoms with Gasteiger partial charge >= 0.3 is 5.97 Å². The molecule has 18 heavy (non-hydrogen) atoms. The maximum atomic E-state index is 12.9. The molecular weight excluding hydrogens is 239 g/mol. The molecule has 0 aliphatic heterocycles. The lowest BCUT2D eigenvalue weighted by molar-refractivity contribution is 0.0690. The van der Waals surface area contributed by atoms with Gasteiger partial charge in [0.05, 0.1) is 12.7 Å². The Morgan fingerprint density at radius 1 is 1.50 bits per heavy atom. The summed E-state index contributed by atoms with van der Waals surface area (Å²) in [6.07, 6.45) is 1.34. The molecule has 1 aromatic heterocycles. The van der Waals surface area contributed by atoms with Crippen LogP contribution in [0, 0.1) is 5.82 Å². The molecule has 0 aliphatic rings. The van der Waals surface area contributed by atoms with Gasteiger partial charge < -0.3 is 10.4 Å². The average Bonchev–Trinajstić information content (AvgIpc) is 2.78. The van der Waals surface area contributed by atoms with Crippen molar-refractivity contribution in [3.8, 4) is 0 Å². The Bertz CT molecular complexity index is 555. The monoisotopic (exact) mass is 250 g/mol. The number of carboxylic acid groups (broad SMARTS) is 1. The molecule has 0 fully saturated rings. The van der Waals surface area contributed by atoms with Gasteiger partial charge in [-0.3, -0.25) is 0 Å². The van der Waals surface area contributed by atoms with Crippen LogP contribution >= 0.6 is 0 Å². The first-order valence-electron chi connectivity index (χ1n) is 5.28. The minimum atomic E-state index is -1.11. The SMILES string of the molecule is O=C(O)c1cn(CCNc2cccc(F)c2)nn1. The van der Waals surface area contributed by atoms with Crippen molar-refractivity contribution in [3.63, 3.8) is 0 Å². The van der Waals surface area contributed by atoms with Crippen molar-refractivity contribution in [2.24, 2.45) is 0 Å². The van der Waals surface area contributed by atoms with Gasteiger partial charge in [0, 0.05) is 12.2 Å². The third kappa shape index (κ3) is 3.03. The molecule has 0 saturated heterocycles. The molecule has 0 atom stereocenters. The number of benzene rings is 1. The van der Waals surface area contributed by atoms with Gasteiger partial charge in [-0.2, -0.15) is 0 Å². The summed E-state index contributed by atoms with van der Waals surface area (Å²) in [6.45, 7) is 0.933. The molecule has 6 nitrogen and oxygen atoms in total. The van der Waals surface area contributed by atoms with Crippen LogP contribution in [0.1, 0.15) is 10.5 Å². The fourth-order valence-corrected chi connectivity index (χ4v) is 1.42. The number of aromatic nitrogens is 3. The van der Waals surface area contributed by atoms with E-state index in [0.29, 0.717) is 18.8 Å². The largest absolute Gasteiger partial charge is 0.476 e. The van der Waals surface area contributed by atoms with Gasteiger partial charge in [-0.05, 0) is 18.2 Å². The standard InChI is InChI=1S/C11H11FN4O2/c12-8-2-1-3-9(6-8)13-4-5-16-7-10(11(17)18)14-15-16/h1-3,6-7,13H,4-5H2,(H,17,18). The Kier molecular flexibility index (Phi) is 3.52. The van der Waals surface area contributed by atoms with Gasteiger partial charge in [0.15, 0.2) is 5.69 Å². The summed E-state index contributed by atoms with van der Waals surface area (Å²) in [7, 11) is 0. The minimum Gasteiger partial charge on any atom is -0.476 e. The Labute approximate surface area is 102 Å². The molecule has 1 heterocycles. The summed E-state index contributed by atoms with van der Waals surface area (Å²) in [5.41, 5.74) is 0.564. The first-order valence-corrected chi connectivity index (χ1v) is 5.28. The van der Waals surface area contributed by atoms with E-state index in [-0.39, 0.29) is 11.5 Å². The number of aromatic carboxylic acids is 1. The Hall–Kier alpha value is -2.44. The second kappa shape index (κ2) is 5.26. The number of anilines is 1. The molecule has 0 bridgehead atoms. The molecular formula is C11H11FN4O2. The van der Waals surface area contributed by atoms with Crippen LogP contribution in [-0.2, 0) is 6.54 Å². The van der Waals surface area contributed by atoms with Crippen LogP contribution in [0.2, 0.25) is 0 Å². The van der Waals surface area contributed by atoms with Gasteiger partial charge in [-0.25, -0.2) is 13.9 Å². The lowest BCUT2D eigenvalue weighted by Crippen LogP contribution is -2.11. The highest BCUT2D eigenvalue weighted by atomic mass is 19.1. The molecule has 0 spiro atoms. The zero-order valence-electron chi connectivity index (χ0n) is 9.38. The predicted molar refractivity (Wildman–Crippen MR) is 61.9 cm³/mol. The molecule has 7 heteroatoms. The van der Waals surface area contributed by atoms with E-state index in [0.717, 1.165) is 0 Å². The van der Waals surface area contributed by atoms with Gasteiger partial charge in [0.2, 0.25) is 0 Å². The molecule has 0 saturated carbocycles. The van der Waals surface area contributed by atoms with Gasteiger partial charge in [-0.15, -0.1) is 5.10 Å². The quantitative estimate of drug-likeness (QED) is 0.834. The fraction of sp³-hybridized carbons (Fsp3) is 0.182. The third-order valence-electron chi connectivity index (χ3n) is 2.25. The van der Waals surface area contributed by atoms with E-state index in [1.807, 2.05) is 0 Å². The van der Waals surface area contributed by atoms with E-state index in [1.165, 1.54) is 23.0 Å². The minimum absolute atomic E-state index is 0.0965. The topological polar surface area (TPSA) is 80.0 Å². The Morgan fingerprint density at radius 2 is 2.33 bits per heavy atom. The summed E-state index contributed by atoms with van der Waals surface area (Å²) in [4.78, 5) is 10.6. The molecule has 0 unspecified atom stereocenters. The van der Waals surface area contributed by atoms with Gasteiger partial charge in [0.25, 0.3) is 0 Å². The second-order valence-corrected chi connectivity index (χ2v) is 3.61. The zero-order chi connectivity index (χ0) is 13.0. The van der Waals surface area contributed by atoms with Crippen LogP contribution in [-0.4, -0.2) is 32.6 Å². The number of halogens is 1. The van der Waals surface area contributed by atoms with E-state index >= 15 is 0 Å². The number of rotatable bonds is 5. The lowest BCUT2D eigenvalue weighted by atomic mass is 10.3. The van der Waals surface area contributed by atoms with Crippen LogP contribution in [0.4, 0.5) is 10.1 Å². The molecule has 2 aromatic rings. The number of nitrogens with one attached hydrogen (secondary N) is 1. The van der Waals surface area contributed by atoms with Gasteiger partial charge in [-0.1, -0.05) is 11.3 Å². The summed E-state index contributed by atoms with van der Waals surface area (Å²) in [6, 6.07) is 6.09. The lowest BCUT2D eigenvalue weighted by Gasteiger charge is -2.05. The predicted octanol–water partition coefficient (Wildman–Crippen LogP) is 1.23. The fourth-order valence-electron chi connectivity index (χ4n) is 1.42. The normalized spacial score (nSPS) is 10.3. The summed E-state index contributed by atoms with van der Waals surface area (Å²) in [5.74, 6) is -1.42. The molecule has 2 N–H and O–H groups in total. The highest BCUT2D eigenvalue weighted by Gasteiger charge is 2.07. The van der Waals surface area contributed by atoms with Crippen LogP contribution in [0.5, 0.6) is 0 Å². The van der Waals surface area contributed by atoms with Crippen LogP contribution in [0.3, 0.4) is 0 Å². The maximum Gasteiger partial charge on any atom is 0.358 e. The summed E-state index contributed by atoms with van der Waals surface area (Å²) < 4.78 is 14.3. The zero-order valence-corrected chi connectivity index (χ0v) is 9.38. The van der Waals surface area contributed by atoms with Crippen molar-refractivity contribution in [2.45, 2.75) is 6.54 Å². The van der Waals surface area contributed by atoms with Crippen molar-refractivity contribution >= 4 is 11.7 Å². The van der Waals surface area contributed by atoms with Crippen LogP contribution in [0.25, 0.3) is 0 Å². The van der Waals surface area contributed by atoms with Gasteiger partial charge in [0.1, 0.15) is 5.82 Å². The van der Waals surface area contributed by atoms with E-state index in [4.69, 9.17) is 5.11 Å². The number of nitrogens with zero attached hydrogens (tertiary/aromatic N) is 3. The number of hydrogen-bond acceptors (Lipinski definition) is 4. The van der Waals surface area contributed by atoms with Crippen molar-refractivity contribution in [1.29, 1.82) is 0 Å². The molecule has 94 valence electrons. The van der Waals surface area contributed by atoms with E-state index in [1.54, 1.807) is 12.1 Å². The first-order chi connectivity index (χ1) is 8.65. The van der Waals surface area contributed by atoms with Crippen molar-refractivity contribution in [2.75, 3.05) is 11.9 Å². The number of carbonyl (C=O) groups is 1. The smallest absolute Gasteiger partial charge is 0.358 e. The average molecular weight is 250 g/mol. The van der Waals surface area contributed by atoms with E-state index in [2.05, 4.69) is 15.6 Å². The highest BCUT2D eigenvalue weighted by Crippen LogP contribution is 2.08. The third-order valence-corrected chi connectivity index (χ3v) is 2.25. The second-order valence-electron chi connectivity index (χ2n) is 3.61. The van der Waals surface area contributed by atoms with Crippen LogP contribution in [0.15, 0.2) is 30.5 Å². The van der Waals surface area contributed by atoms with E-state index in [9.17, 15) is 9.18 Å². The molecule has 0 radical (unpaired) electrons. The number of carboxylic acids is 1. The Balaban J connectivity index is 1.86.